The van der Waals surface area contributed by atoms with Gasteiger partial charge in [-0.25, -0.2) is 9.37 Å². The Morgan fingerprint density at radius 2 is 2.21 bits per heavy atom. The summed E-state index contributed by atoms with van der Waals surface area (Å²) in [6, 6.07) is 3.87. The normalized spacial score (nSPS) is 11.5. The Labute approximate surface area is 118 Å². The quantitative estimate of drug-likeness (QED) is 0.924. The Hall–Kier alpha value is -1.41. The fraction of sp³-hybridized carbons (Fsp3) is 0.182. The summed E-state index contributed by atoms with van der Waals surface area (Å²) in [7, 11) is -3.76. The van der Waals surface area contributed by atoms with Crippen LogP contribution >= 0.6 is 15.9 Å². The molecule has 1 aromatic carbocycles. The summed E-state index contributed by atoms with van der Waals surface area (Å²) in [5.41, 5.74) is 0.263. The molecule has 2 aromatic rings. The zero-order valence-corrected chi connectivity index (χ0v) is 12.4. The molecule has 0 atom stereocenters. The first-order chi connectivity index (χ1) is 8.92. The number of benzene rings is 1. The molecule has 19 heavy (non-hydrogen) atoms. The van der Waals surface area contributed by atoms with Crippen molar-refractivity contribution < 1.29 is 12.8 Å². The van der Waals surface area contributed by atoms with E-state index in [0.717, 1.165) is 0 Å². The fourth-order valence-corrected chi connectivity index (χ4v) is 2.80. The van der Waals surface area contributed by atoms with Gasteiger partial charge in [-0.2, -0.15) is 8.42 Å². The van der Waals surface area contributed by atoms with E-state index in [1.165, 1.54) is 30.7 Å². The summed E-state index contributed by atoms with van der Waals surface area (Å²) < 4.78 is 41.3. The number of sulfonamides is 1. The van der Waals surface area contributed by atoms with Gasteiger partial charge in [0.25, 0.3) is 10.0 Å². The molecular formula is C11H11BrFN3O2S. The third-order valence-corrected chi connectivity index (χ3v) is 4.30. The molecule has 0 saturated carbocycles. The van der Waals surface area contributed by atoms with Crippen molar-refractivity contribution in [2.24, 2.45) is 0 Å². The van der Waals surface area contributed by atoms with Gasteiger partial charge in [0.2, 0.25) is 0 Å². The molecular weight excluding hydrogens is 337 g/mol. The molecule has 0 bridgehead atoms. The van der Waals surface area contributed by atoms with Crippen molar-refractivity contribution in [3.8, 4) is 0 Å². The van der Waals surface area contributed by atoms with Crippen LogP contribution in [0.2, 0.25) is 0 Å². The van der Waals surface area contributed by atoms with E-state index in [-0.39, 0.29) is 15.2 Å². The largest absolute Gasteiger partial charge is 0.336 e. The number of nitrogens with one attached hydrogen (secondary N) is 1. The number of hydrogen-bond donors (Lipinski definition) is 1. The van der Waals surface area contributed by atoms with Gasteiger partial charge in [-0.15, -0.1) is 0 Å². The number of aromatic nitrogens is 2. The van der Waals surface area contributed by atoms with Crippen molar-refractivity contribution in [2.75, 3.05) is 4.72 Å². The average molecular weight is 348 g/mol. The number of nitrogens with zero attached hydrogens (tertiary/aromatic N) is 2. The summed E-state index contributed by atoms with van der Waals surface area (Å²) >= 11 is 3.00. The zero-order chi connectivity index (χ0) is 14.0. The monoisotopic (exact) mass is 347 g/mol. The summed E-state index contributed by atoms with van der Waals surface area (Å²) in [5.74, 6) is -0.460. The molecule has 0 spiro atoms. The van der Waals surface area contributed by atoms with Crippen LogP contribution in [0, 0.1) is 5.82 Å². The van der Waals surface area contributed by atoms with Crippen molar-refractivity contribution in [1.29, 1.82) is 0 Å². The highest BCUT2D eigenvalue weighted by Crippen LogP contribution is 2.22. The van der Waals surface area contributed by atoms with Crippen LogP contribution in [-0.4, -0.2) is 18.0 Å². The van der Waals surface area contributed by atoms with E-state index in [1.807, 2.05) is 6.92 Å². The van der Waals surface area contributed by atoms with Crippen LogP contribution in [0.1, 0.15) is 6.92 Å². The third kappa shape index (κ3) is 3.13. The molecule has 0 aliphatic carbocycles. The lowest BCUT2D eigenvalue weighted by atomic mass is 10.3. The highest BCUT2D eigenvalue weighted by atomic mass is 79.9. The molecule has 0 aliphatic heterocycles. The smallest absolute Gasteiger partial charge is 0.280 e. The lowest BCUT2D eigenvalue weighted by Crippen LogP contribution is -2.13. The first-order valence-corrected chi connectivity index (χ1v) is 7.69. The molecule has 0 radical (unpaired) electrons. The first-order valence-electron chi connectivity index (χ1n) is 5.42. The van der Waals surface area contributed by atoms with Crippen LogP contribution in [0.25, 0.3) is 0 Å². The topological polar surface area (TPSA) is 64.0 Å². The minimum absolute atomic E-state index is 0.0743. The molecule has 102 valence electrons. The Bertz CT molecular complexity index is 700. The number of rotatable bonds is 4. The first kappa shape index (κ1) is 14.0. The van der Waals surface area contributed by atoms with Crippen molar-refractivity contribution in [2.45, 2.75) is 18.5 Å². The van der Waals surface area contributed by atoms with Gasteiger partial charge in [-0.3, -0.25) is 4.72 Å². The number of imidazole rings is 1. The van der Waals surface area contributed by atoms with Gasteiger partial charge in [0.1, 0.15) is 5.82 Å². The van der Waals surface area contributed by atoms with Gasteiger partial charge in [-0.05, 0) is 41.1 Å². The molecule has 0 saturated heterocycles. The third-order valence-electron chi connectivity index (χ3n) is 2.42. The highest BCUT2D eigenvalue weighted by molar-refractivity contribution is 9.10. The van der Waals surface area contributed by atoms with Crippen LogP contribution in [0.15, 0.2) is 40.2 Å². The minimum atomic E-state index is -3.76. The van der Waals surface area contributed by atoms with Gasteiger partial charge in [0, 0.05) is 12.7 Å². The van der Waals surface area contributed by atoms with Gasteiger partial charge >= 0.3 is 0 Å². The maximum absolute atomic E-state index is 13.1. The molecule has 1 heterocycles. The van der Waals surface area contributed by atoms with E-state index in [4.69, 9.17) is 0 Å². The second-order valence-electron chi connectivity index (χ2n) is 3.78. The molecule has 0 amide bonds. The van der Waals surface area contributed by atoms with E-state index in [1.54, 1.807) is 4.57 Å². The zero-order valence-electron chi connectivity index (χ0n) is 9.97. The van der Waals surface area contributed by atoms with Crippen LogP contribution < -0.4 is 4.72 Å². The van der Waals surface area contributed by atoms with E-state index < -0.39 is 15.8 Å². The van der Waals surface area contributed by atoms with Gasteiger partial charge in [0.05, 0.1) is 16.5 Å². The van der Waals surface area contributed by atoms with Crippen molar-refractivity contribution in [3.63, 3.8) is 0 Å². The van der Waals surface area contributed by atoms with Crippen molar-refractivity contribution in [3.05, 3.63) is 41.0 Å². The molecule has 1 aromatic heterocycles. The minimum Gasteiger partial charge on any atom is -0.336 e. The molecule has 8 heteroatoms. The Kier molecular flexibility index (Phi) is 3.91. The van der Waals surface area contributed by atoms with Crippen LogP contribution in [0.4, 0.5) is 10.1 Å². The molecule has 0 fully saturated rings. The van der Waals surface area contributed by atoms with E-state index in [9.17, 15) is 12.8 Å². The summed E-state index contributed by atoms with van der Waals surface area (Å²) in [5, 5.41) is -0.0743. The predicted molar refractivity (Wildman–Crippen MR) is 72.8 cm³/mol. The lowest BCUT2D eigenvalue weighted by Gasteiger charge is -2.06. The second-order valence-corrected chi connectivity index (χ2v) is 6.26. The van der Waals surface area contributed by atoms with Gasteiger partial charge < -0.3 is 4.57 Å². The summed E-state index contributed by atoms with van der Waals surface area (Å²) in [6.07, 6.45) is 2.87. The van der Waals surface area contributed by atoms with Gasteiger partial charge in [-0.1, -0.05) is 0 Å². The molecule has 0 unspecified atom stereocenters. The lowest BCUT2D eigenvalue weighted by molar-refractivity contribution is 0.597. The molecule has 5 nitrogen and oxygen atoms in total. The van der Waals surface area contributed by atoms with E-state index >= 15 is 0 Å². The Balaban J connectivity index is 2.28. The predicted octanol–water partition coefficient (Wildman–Crippen LogP) is 2.61. The SMILES string of the molecule is CCn1cnc(S(=O)(=O)Nc2ccc(F)c(Br)c2)c1. The maximum Gasteiger partial charge on any atom is 0.280 e. The van der Waals surface area contributed by atoms with Gasteiger partial charge in [0.15, 0.2) is 5.03 Å². The Morgan fingerprint density at radius 3 is 2.79 bits per heavy atom. The maximum atomic E-state index is 13.1. The Morgan fingerprint density at radius 1 is 1.47 bits per heavy atom. The van der Waals surface area contributed by atoms with E-state index in [0.29, 0.717) is 6.54 Å². The van der Waals surface area contributed by atoms with E-state index in [2.05, 4.69) is 25.6 Å². The molecule has 1 N–H and O–H groups in total. The average Bonchev–Trinajstić information content (AvgIpc) is 2.83. The van der Waals surface area contributed by atoms with Crippen molar-refractivity contribution >= 4 is 31.6 Å². The number of halogens is 2. The molecule has 2 rings (SSSR count). The summed E-state index contributed by atoms with van der Waals surface area (Å²) in [6.45, 7) is 2.51. The highest BCUT2D eigenvalue weighted by Gasteiger charge is 2.17. The van der Waals surface area contributed by atoms with Crippen LogP contribution in [0.3, 0.4) is 0 Å². The van der Waals surface area contributed by atoms with Crippen LogP contribution in [-0.2, 0) is 16.6 Å². The molecule has 0 aliphatic rings. The van der Waals surface area contributed by atoms with Crippen LogP contribution in [0.5, 0.6) is 0 Å². The van der Waals surface area contributed by atoms with Crippen molar-refractivity contribution in [1.82, 2.24) is 9.55 Å². The summed E-state index contributed by atoms with van der Waals surface area (Å²) in [4.78, 5) is 3.82. The number of aryl methyl sites for hydroxylation is 1. The standard InChI is InChI=1S/C11H11BrFN3O2S/c1-2-16-6-11(14-7-16)19(17,18)15-8-3-4-10(13)9(12)5-8/h3-7,15H,2H2,1H3. The fourth-order valence-electron chi connectivity index (χ4n) is 1.42. The number of anilines is 1. The number of hydrogen-bond acceptors (Lipinski definition) is 3. The second kappa shape index (κ2) is 5.30.